The second-order valence-electron chi connectivity index (χ2n) is 7.14. The van der Waals surface area contributed by atoms with Crippen molar-refractivity contribution in [2.45, 2.75) is 37.7 Å². The fourth-order valence-electron chi connectivity index (χ4n) is 2.80. The lowest BCUT2D eigenvalue weighted by Crippen LogP contribution is -2.30. The fraction of sp³-hybridized carbons (Fsp3) is 0.227. The van der Waals surface area contributed by atoms with Crippen molar-refractivity contribution in [2.24, 2.45) is 0 Å². The Hall–Kier alpha value is -3.46. The third-order valence-corrected chi connectivity index (χ3v) is 5.78. The number of anilines is 2. The largest absolute Gasteiger partial charge is 0.481 e. The molecule has 1 aromatic heterocycles. The highest BCUT2D eigenvalue weighted by Gasteiger charge is 2.19. The van der Waals surface area contributed by atoms with E-state index in [1.807, 2.05) is 24.3 Å². The van der Waals surface area contributed by atoms with Crippen LogP contribution >= 0.6 is 0 Å². The first-order chi connectivity index (χ1) is 14.8. The topological polar surface area (TPSA) is 110 Å². The molecule has 3 aromatic rings. The van der Waals surface area contributed by atoms with Crippen LogP contribution < -0.4 is 14.8 Å². The molecule has 0 aliphatic heterocycles. The number of sulfonamides is 1. The predicted octanol–water partition coefficient (Wildman–Crippen LogP) is 3.81. The van der Waals surface area contributed by atoms with Gasteiger partial charge < -0.3 is 10.1 Å². The summed E-state index contributed by atoms with van der Waals surface area (Å²) in [7, 11) is -3.84. The number of hydrogen-bond donors (Lipinski definition) is 2. The summed E-state index contributed by atoms with van der Waals surface area (Å²) in [5, 5.41) is 2.74. The van der Waals surface area contributed by atoms with Gasteiger partial charge in [0.05, 0.1) is 4.90 Å². The fourth-order valence-corrected chi connectivity index (χ4v) is 3.76. The molecule has 0 bridgehead atoms. The summed E-state index contributed by atoms with van der Waals surface area (Å²) < 4.78 is 33.0. The number of carbonyl (C=O) groups excluding carboxylic acids is 1. The molecule has 0 aliphatic carbocycles. The quantitative estimate of drug-likeness (QED) is 0.551. The van der Waals surface area contributed by atoms with Crippen LogP contribution in [0.25, 0.3) is 0 Å². The second kappa shape index (κ2) is 9.57. The lowest BCUT2D eigenvalue weighted by Gasteiger charge is -2.18. The van der Waals surface area contributed by atoms with Crippen molar-refractivity contribution in [1.29, 1.82) is 0 Å². The number of amides is 1. The van der Waals surface area contributed by atoms with Gasteiger partial charge in [-0.2, -0.15) is 0 Å². The van der Waals surface area contributed by atoms with E-state index in [0.29, 0.717) is 11.4 Å². The van der Waals surface area contributed by atoms with E-state index < -0.39 is 16.1 Å². The zero-order valence-corrected chi connectivity index (χ0v) is 18.3. The molecule has 2 aromatic carbocycles. The maximum absolute atomic E-state index is 12.5. The molecule has 8 nitrogen and oxygen atoms in total. The molecule has 3 rings (SSSR count). The van der Waals surface area contributed by atoms with E-state index in [4.69, 9.17) is 4.74 Å². The van der Waals surface area contributed by atoms with Gasteiger partial charge in [0.1, 0.15) is 5.75 Å². The molecule has 162 valence electrons. The molecule has 0 fully saturated rings. The van der Waals surface area contributed by atoms with Crippen LogP contribution in [0.2, 0.25) is 0 Å². The van der Waals surface area contributed by atoms with E-state index in [9.17, 15) is 13.2 Å². The van der Waals surface area contributed by atoms with Crippen LogP contribution in [0.5, 0.6) is 5.75 Å². The van der Waals surface area contributed by atoms with Crippen molar-refractivity contribution in [3.63, 3.8) is 0 Å². The number of benzene rings is 2. The zero-order valence-electron chi connectivity index (χ0n) is 17.4. The lowest BCUT2D eigenvalue weighted by molar-refractivity contribution is -0.122. The summed E-state index contributed by atoms with van der Waals surface area (Å²) in [5.74, 6) is 0.559. The SMILES string of the molecule is CC(C)c1ccccc1O[C@@H](C)C(=O)Nc1ccc(S(=O)(=O)Nc2ncccn2)cc1. The third kappa shape index (κ3) is 5.79. The zero-order chi connectivity index (χ0) is 22.4. The molecular formula is C22H24N4O4S. The average Bonchev–Trinajstić information content (AvgIpc) is 2.74. The van der Waals surface area contributed by atoms with Gasteiger partial charge in [-0.1, -0.05) is 32.0 Å². The van der Waals surface area contributed by atoms with Crippen LogP contribution in [0.15, 0.2) is 71.9 Å². The first kappa shape index (κ1) is 22.2. The molecule has 0 unspecified atom stereocenters. The van der Waals surface area contributed by atoms with Gasteiger partial charge in [0.15, 0.2) is 6.10 Å². The van der Waals surface area contributed by atoms with E-state index in [0.717, 1.165) is 5.56 Å². The normalized spacial score (nSPS) is 12.3. The van der Waals surface area contributed by atoms with Gasteiger partial charge in [-0.25, -0.2) is 23.1 Å². The van der Waals surface area contributed by atoms with Gasteiger partial charge in [-0.15, -0.1) is 0 Å². The van der Waals surface area contributed by atoms with Crippen LogP contribution in [-0.2, 0) is 14.8 Å². The van der Waals surface area contributed by atoms with Crippen molar-refractivity contribution in [3.05, 3.63) is 72.6 Å². The molecule has 1 amide bonds. The highest BCUT2D eigenvalue weighted by Crippen LogP contribution is 2.27. The number of aromatic nitrogens is 2. The molecule has 1 atom stereocenters. The predicted molar refractivity (Wildman–Crippen MR) is 119 cm³/mol. The standard InChI is InChI=1S/C22H24N4O4S/c1-15(2)19-7-4-5-8-20(19)30-16(3)21(27)25-17-9-11-18(12-10-17)31(28,29)26-22-23-13-6-14-24-22/h4-16H,1-3H3,(H,25,27)(H,23,24,26)/t16-/m0/s1. The van der Waals surface area contributed by atoms with E-state index >= 15 is 0 Å². The van der Waals surface area contributed by atoms with Crippen molar-refractivity contribution in [3.8, 4) is 5.75 Å². The summed E-state index contributed by atoms with van der Waals surface area (Å²) in [5.41, 5.74) is 1.47. The highest BCUT2D eigenvalue weighted by atomic mass is 32.2. The van der Waals surface area contributed by atoms with Gasteiger partial charge >= 0.3 is 0 Å². The van der Waals surface area contributed by atoms with E-state index in [1.165, 1.54) is 36.7 Å². The van der Waals surface area contributed by atoms with Gasteiger partial charge in [0, 0.05) is 18.1 Å². The maximum Gasteiger partial charge on any atom is 0.265 e. The minimum Gasteiger partial charge on any atom is -0.481 e. The minimum absolute atomic E-state index is 0.0208. The molecule has 9 heteroatoms. The monoisotopic (exact) mass is 440 g/mol. The molecular weight excluding hydrogens is 416 g/mol. The molecule has 1 heterocycles. The third-order valence-electron chi connectivity index (χ3n) is 4.44. The summed E-state index contributed by atoms with van der Waals surface area (Å²) in [6.45, 7) is 5.78. The number of rotatable bonds is 8. The smallest absolute Gasteiger partial charge is 0.265 e. The molecule has 0 radical (unpaired) electrons. The molecule has 0 spiro atoms. The maximum atomic E-state index is 12.5. The first-order valence-corrected chi connectivity index (χ1v) is 11.2. The second-order valence-corrected chi connectivity index (χ2v) is 8.83. The van der Waals surface area contributed by atoms with E-state index in [1.54, 1.807) is 13.0 Å². The molecule has 0 aliphatic rings. The van der Waals surface area contributed by atoms with Crippen molar-refractivity contribution in [2.75, 3.05) is 10.0 Å². The Labute approximate surface area is 181 Å². The van der Waals surface area contributed by atoms with Crippen LogP contribution in [0.3, 0.4) is 0 Å². The number of carbonyl (C=O) groups is 1. The van der Waals surface area contributed by atoms with Crippen LogP contribution in [-0.4, -0.2) is 30.4 Å². The van der Waals surface area contributed by atoms with Crippen molar-refractivity contribution in [1.82, 2.24) is 9.97 Å². The van der Waals surface area contributed by atoms with Crippen molar-refractivity contribution < 1.29 is 17.9 Å². The Bertz CT molecular complexity index is 1130. The van der Waals surface area contributed by atoms with Gasteiger partial charge in [0.2, 0.25) is 5.95 Å². The Balaban J connectivity index is 1.65. The molecule has 31 heavy (non-hydrogen) atoms. The van der Waals surface area contributed by atoms with Crippen molar-refractivity contribution >= 4 is 27.6 Å². The Morgan fingerprint density at radius 1 is 0.935 bits per heavy atom. The van der Waals surface area contributed by atoms with Gasteiger partial charge in [-0.3, -0.25) is 4.79 Å². The summed E-state index contributed by atoms with van der Waals surface area (Å²) in [4.78, 5) is 20.2. The van der Waals surface area contributed by atoms with Crippen LogP contribution in [0.4, 0.5) is 11.6 Å². The van der Waals surface area contributed by atoms with Gasteiger partial charge in [0.25, 0.3) is 15.9 Å². The Kier molecular flexibility index (Phi) is 6.86. The number of ether oxygens (including phenoxy) is 1. The van der Waals surface area contributed by atoms with E-state index in [2.05, 4.69) is 33.9 Å². The highest BCUT2D eigenvalue weighted by molar-refractivity contribution is 7.92. The molecule has 2 N–H and O–H groups in total. The Morgan fingerprint density at radius 2 is 1.58 bits per heavy atom. The summed E-state index contributed by atoms with van der Waals surface area (Å²) in [6.07, 6.45) is 2.14. The summed E-state index contributed by atoms with van der Waals surface area (Å²) >= 11 is 0. The molecule has 0 saturated carbocycles. The van der Waals surface area contributed by atoms with Crippen LogP contribution in [0, 0.1) is 0 Å². The Morgan fingerprint density at radius 3 is 2.23 bits per heavy atom. The summed E-state index contributed by atoms with van der Waals surface area (Å²) in [6, 6.07) is 15.0. The average molecular weight is 441 g/mol. The number of para-hydroxylation sites is 1. The number of nitrogens with one attached hydrogen (secondary N) is 2. The van der Waals surface area contributed by atoms with E-state index in [-0.39, 0.29) is 22.7 Å². The molecule has 0 saturated heterocycles. The number of nitrogens with zero attached hydrogens (tertiary/aromatic N) is 2. The van der Waals surface area contributed by atoms with Gasteiger partial charge in [-0.05, 0) is 54.8 Å². The lowest BCUT2D eigenvalue weighted by atomic mass is 10.0. The van der Waals surface area contributed by atoms with Crippen LogP contribution in [0.1, 0.15) is 32.3 Å². The number of hydrogen-bond acceptors (Lipinski definition) is 6. The first-order valence-electron chi connectivity index (χ1n) is 9.72. The minimum atomic E-state index is -3.84.